The van der Waals surface area contributed by atoms with Crippen LogP contribution in [0.5, 0.6) is 5.75 Å². The number of thiocarbonyl (C=S) groups is 1. The van der Waals surface area contributed by atoms with Crippen LogP contribution in [-0.2, 0) is 9.59 Å². The van der Waals surface area contributed by atoms with Crippen molar-refractivity contribution in [1.82, 2.24) is 15.8 Å². The number of hydrogen-bond donors (Lipinski definition) is 2. The fraction of sp³-hybridized carbons (Fsp3) is 0.143. The molecule has 1 aliphatic heterocycles. The molecule has 3 amide bonds. The molecule has 7 nitrogen and oxygen atoms in total. The molecular formula is C21H18BrN3O4S2. The Bertz CT molecular complexity index is 1070. The summed E-state index contributed by atoms with van der Waals surface area (Å²) in [5.41, 5.74) is 5.86. The molecule has 1 heterocycles. The minimum atomic E-state index is -0.453. The summed E-state index contributed by atoms with van der Waals surface area (Å²) in [7, 11) is 1.56. The minimum Gasteiger partial charge on any atom is -0.496 e. The maximum absolute atomic E-state index is 12.7. The Labute approximate surface area is 197 Å². The summed E-state index contributed by atoms with van der Waals surface area (Å²) in [6.45, 7) is 0.102. The van der Waals surface area contributed by atoms with E-state index in [2.05, 4.69) is 26.8 Å². The highest BCUT2D eigenvalue weighted by atomic mass is 79.9. The standard InChI is InChI=1S/C21H18BrN3O4S2/c1-29-16-9-5-2-6-13(16)12-17-20(28)25(21(30)31-17)11-10-18(26)23-24-19(27)14-7-3-4-8-15(14)22/h2-9,12H,10-11H2,1H3,(H,23,26)(H,24,27)/b17-12-. The van der Waals surface area contributed by atoms with Gasteiger partial charge in [0.25, 0.3) is 11.8 Å². The number of ether oxygens (including phenoxy) is 1. The third kappa shape index (κ3) is 5.72. The van der Waals surface area contributed by atoms with Gasteiger partial charge in [0.05, 0.1) is 17.6 Å². The Morgan fingerprint density at radius 3 is 2.61 bits per heavy atom. The molecule has 1 aliphatic rings. The van der Waals surface area contributed by atoms with Crippen LogP contribution in [-0.4, -0.2) is 40.6 Å². The first-order chi connectivity index (χ1) is 14.9. The molecule has 0 aliphatic carbocycles. The molecule has 31 heavy (non-hydrogen) atoms. The second kappa shape index (κ2) is 10.6. The molecule has 1 fully saturated rings. The molecule has 0 aromatic heterocycles. The van der Waals surface area contributed by atoms with Crippen molar-refractivity contribution in [3.05, 3.63) is 69.0 Å². The number of thioether (sulfide) groups is 1. The first kappa shape index (κ1) is 23.0. The molecule has 0 radical (unpaired) electrons. The zero-order valence-electron chi connectivity index (χ0n) is 16.4. The van der Waals surface area contributed by atoms with Gasteiger partial charge in [-0.2, -0.15) is 0 Å². The molecule has 0 saturated carbocycles. The van der Waals surface area contributed by atoms with Crippen molar-refractivity contribution in [3.63, 3.8) is 0 Å². The quantitative estimate of drug-likeness (QED) is 0.345. The molecule has 0 unspecified atom stereocenters. The fourth-order valence-corrected chi connectivity index (χ4v) is 4.50. The maximum atomic E-state index is 12.7. The summed E-state index contributed by atoms with van der Waals surface area (Å²) in [6.07, 6.45) is 1.70. The van der Waals surface area contributed by atoms with Gasteiger partial charge >= 0.3 is 0 Å². The summed E-state index contributed by atoms with van der Waals surface area (Å²) < 4.78 is 6.29. The van der Waals surface area contributed by atoms with Crippen molar-refractivity contribution >= 4 is 68.0 Å². The van der Waals surface area contributed by atoms with E-state index in [1.54, 1.807) is 43.5 Å². The van der Waals surface area contributed by atoms with Gasteiger partial charge in [0.2, 0.25) is 5.91 Å². The molecule has 0 atom stereocenters. The van der Waals surface area contributed by atoms with Gasteiger partial charge in [-0.1, -0.05) is 54.3 Å². The highest BCUT2D eigenvalue weighted by Gasteiger charge is 2.32. The predicted molar refractivity (Wildman–Crippen MR) is 127 cm³/mol. The van der Waals surface area contributed by atoms with Crippen molar-refractivity contribution < 1.29 is 19.1 Å². The number of benzene rings is 2. The Morgan fingerprint density at radius 1 is 1.16 bits per heavy atom. The number of carbonyl (C=O) groups excluding carboxylic acids is 3. The lowest BCUT2D eigenvalue weighted by atomic mass is 10.2. The zero-order chi connectivity index (χ0) is 22.4. The number of nitrogens with zero attached hydrogens (tertiary/aromatic N) is 1. The van der Waals surface area contributed by atoms with Crippen LogP contribution in [0, 0.1) is 0 Å². The van der Waals surface area contributed by atoms with E-state index in [-0.39, 0.29) is 18.9 Å². The molecule has 2 N–H and O–H groups in total. The van der Waals surface area contributed by atoms with E-state index in [1.807, 2.05) is 18.2 Å². The van der Waals surface area contributed by atoms with Gasteiger partial charge in [-0.3, -0.25) is 30.1 Å². The van der Waals surface area contributed by atoms with Crippen LogP contribution in [0.15, 0.2) is 57.9 Å². The molecule has 10 heteroatoms. The third-order valence-electron chi connectivity index (χ3n) is 4.30. The SMILES string of the molecule is COc1ccccc1/C=C1\SC(=S)N(CCC(=O)NNC(=O)c2ccccc2Br)C1=O. The Hall–Kier alpha value is -2.69. The van der Waals surface area contributed by atoms with Gasteiger partial charge in [-0.25, -0.2) is 0 Å². The van der Waals surface area contributed by atoms with Crippen molar-refractivity contribution in [1.29, 1.82) is 0 Å². The van der Waals surface area contributed by atoms with E-state index in [9.17, 15) is 14.4 Å². The number of para-hydroxylation sites is 1. The van der Waals surface area contributed by atoms with Crippen molar-refractivity contribution in [2.24, 2.45) is 0 Å². The molecule has 2 aromatic carbocycles. The maximum Gasteiger partial charge on any atom is 0.270 e. The summed E-state index contributed by atoms with van der Waals surface area (Å²) in [6, 6.07) is 14.2. The zero-order valence-corrected chi connectivity index (χ0v) is 19.6. The Balaban J connectivity index is 1.55. The van der Waals surface area contributed by atoms with Gasteiger partial charge in [-0.05, 0) is 40.2 Å². The second-order valence-corrected chi connectivity index (χ2v) is 8.84. The highest BCUT2D eigenvalue weighted by Crippen LogP contribution is 2.34. The first-order valence-electron chi connectivity index (χ1n) is 9.13. The predicted octanol–water partition coefficient (Wildman–Crippen LogP) is 3.51. The van der Waals surface area contributed by atoms with E-state index in [1.165, 1.54) is 16.7 Å². The Morgan fingerprint density at radius 2 is 1.87 bits per heavy atom. The summed E-state index contributed by atoms with van der Waals surface area (Å²) >= 11 is 9.75. The molecule has 0 spiro atoms. The van der Waals surface area contributed by atoms with Crippen molar-refractivity contribution in [2.45, 2.75) is 6.42 Å². The van der Waals surface area contributed by atoms with Crippen LogP contribution in [0.4, 0.5) is 0 Å². The van der Waals surface area contributed by atoms with Gasteiger partial charge < -0.3 is 4.74 Å². The van der Waals surface area contributed by atoms with E-state index in [0.29, 0.717) is 25.0 Å². The van der Waals surface area contributed by atoms with Crippen LogP contribution < -0.4 is 15.6 Å². The van der Waals surface area contributed by atoms with Gasteiger partial charge in [0.15, 0.2) is 0 Å². The largest absolute Gasteiger partial charge is 0.496 e. The fourth-order valence-electron chi connectivity index (χ4n) is 2.73. The third-order valence-corrected chi connectivity index (χ3v) is 6.36. The van der Waals surface area contributed by atoms with Crippen molar-refractivity contribution in [3.8, 4) is 5.75 Å². The van der Waals surface area contributed by atoms with E-state index < -0.39 is 11.8 Å². The molecule has 160 valence electrons. The smallest absolute Gasteiger partial charge is 0.270 e. The number of hydrazine groups is 1. The lowest BCUT2D eigenvalue weighted by Gasteiger charge is -2.14. The molecule has 1 saturated heterocycles. The van der Waals surface area contributed by atoms with Crippen LogP contribution in [0.2, 0.25) is 0 Å². The number of carbonyl (C=O) groups is 3. The first-order valence-corrected chi connectivity index (χ1v) is 11.1. The second-order valence-electron chi connectivity index (χ2n) is 6.31. The van der Waals surface area contributed by atoms with E-state index in [0.717, 1.165) is 5.56 Å². The number of amides is 3. The summed E-state index contributed by atoms with van der Waals surface area (Å²) in [5.74, 6) is -0.520. The Kier molecular flexibility index (Phi) is 7.83. The van der Waals surface area contributed by atoms with Gasteiger partial charge in [-0.15, -0.1) is 0 Å². The van der Waals surface area contributed by atoms with Crippen LogP contribution in [0.25, 0.3) is 6.08 Å². The van der Waals surface area contributed by atoms with Gasteiger partial charge in [0, 0.05) is 23.0 Å². The van der Waals surface area contributed by atoms with E-state index >= 15 is 0 Å². The highest BCUT2D eigenvalue weighted by molar-refractivity contribution is 9.10. The molecule has 2 aromatic rings. The molecule has 0 bridgehead atoms. The minimum absolute atomic E-state index is 0.0232. The number of rotatable bonds is 6. The average molecular weight is 520 g/mol. The lowest BCUT2D eigenvalue weighted by Crippen LogP contribution is -2.43. The van der Waals surface area contributed by atoms with Crippen LogP contribution in [0.3, 0.4) is 0 Å². The van der Waals surface area contributed by atoms with Crippen LogP contribution >= 0.6 is 39.9 Å². The van der Waals surface area contributed by atoms with E-state index in [4.69, 9.17) is 17.0 Å². The van der Waals surface area contributed by atoms with Gasteiger partial charge in [0.1, 0.15) is 10.1 Å². The molecular weight excluding hydrogens is 502 g/mol. The average Bonchev–Trinajstić information content (AvgIpc) is 3.03. The number of hydrogen-bond acceptors (Lipinski definition) is 6. The molecule has 3 rings (SSSR count). The normalized spacial score (nSPS) is 14.6. The number of halogens is 1. The number of nitrogens with one attached hydrogen (secondary N) is 2. The lowest BCUT2D eigenvalue weighted by molar-refractivity contribution is -0.124. The van der Waals surface area contributed by atoms with Crippen molar-refractivity contribution in [2.75, 3.05) is 13.7 Å². The summed E-state index contributed by atoms with van der Waals surface area (Å²) in [5, 5.41) is 0. The summed E-state index contributed by atoms with van der Waals surface area (Å²) in [4.78, 5) is 38.8. The topological polar surface area (TPSA) is 87.7 Å². The monoisotopic (exact) mass is 519 g/mol. The van der Waals surface area contributed by atoms with Crippen LogP contribution in [0.1, 0.15) is 22.3 Å². The number of methoxy groups -OCH3 is 1.